The minimum Gasteiger partial charge on any atom is -0.454 e. The first-order valence-corrected chi connectivity index (χ1v) is 9.51. The van der Waals surface area contributed by atoms with Gasteiger partial charge in [-0.2, -0.15) is 0 Å². The van der Waals surface area contributed by atoms with Gasteiger partial charge in [0.15, 0.2) is 11.5 Å². The Morgan fingerprint density at radius 2 is 1.93 bits per heavy atom. The topological polar surface area (TPSA) is 117 Å². The molecule has 2 atom stereocenters. The smallest absolute Gasteiger partial charge is 0.325 e. The van der Waals surface area contributed by atoms with Crippen LogP contribution in [0.3, 0.4) is 0 Å². The predicted molar refractivity (Wildman–Crippen MR) is 104 cm³/mol. The summed E-state index contributed by atoms with van der Waals surface area (Å²) in [6.45, 7) is 0.211. The molecule has 0 aliphatic carbocycles. The Kier molecular flexibility index (Phi) is 5.53. The molecule has 0 unspecified atom stereocenters. The second kappa shape index (κ2) is 8.42. The second-order valence-electron chi connectivity index (χ2n) is 7.05. The van der Waals surface area contributed by atoms with Crippen molar-refractivity contribution in [2.75, 3.05) is 13.3 Å². The normalized spacial score (nSPS) is 18.3. The molecule has 0 bridgehead atoms. The van der Waals surface area contributed by atoms with Crippen molar-refractivity contribution >= 4 is 17.8 Å². The molecule has 0 radical (unpaired) electrons. The van der Waals surface area contributed by atoms with Crippen LogP contribution in [0.2, 0.25) is 0 Å². The molecule has 0 aromatic heterocycles. The highest BCUT2D eigenvalue weighted by molar-refractivity contribution is 6.05. The Labute approximate surface area is 172 Å². The first kappa shape index (κ1) is 19.7. The van der Waals surface area contributed by atoms with Gasteiger partial charge < -0.3 is 25.2 Å². The van der Waals surface area contributed by atoms with Gasteiger partial charge in [-0.1, -0.05) is 36.4 Å². The number of aliphatic hydroxyl groups is 1. The van der Waals surface area contributed by atoms with E-state index in [1.807, 2.05) is 6.07 Å². The molecule has 2 aliphatic rings. The van der Waals surface area contributed by atoms with E-state index in [2.05, 4.69) is 10.6 Å². The number of hydrogen-bond acceptors (Lipinski definition) is 6. The Morgan fingerprint density at radius 3 is 2.73 bits per heavy atom. The molecule has 1 saturated heterocycles. The van der Waals surface area contributed by atoms with E-state index in [9.17, 15) is 19.5 Å². The molecule has 4 amide bonds. The van der Waals surface area contributed by atoms with Crippen LogP contribution in [0.1, 0.15) is 23.7 Å². The summed E-state index contributed by atoms with van der Waals surface area (Å²) in [6.07, 6.45) is -1.06. The van der Waals surface area contributed by atoms with Crippen molar-refractivity contribution in [3.8, 4) is 11.5 Å². The molecule has 2 aromatic carbocycles. The molecule has 2 aromatic rings. The zero-order valence-electron chi connectivity index (χ0n) is 16.0. The van der Waals surface area contributed by atoms with Gasteiger partial charge in [0.1, 0.15) is 6.04 Å². The molecular formula is C21H21N3O6. The quantitative estimate of drug-likeness (QED) is 0.587. The van der Waals surface area contributed by atoms with Gasteiger partial charge in [0.05, 0.1) is 19.1 Å². The van der Waals surface area contributed by atoms with E-state index in [1.165, 1.54) is 0 Å². The van der Waals surface area contributed by atoms with E-state index in [0.29, 0.717) is 22.6 Å². The SMILES string of the molecule is O=C(C[C@H]1NC(=O)N(Cc2ccc3c(c2)OCO3)C1=O)NC[C@H](O)c1ccccc1. The number of amides is 4. The van der Waals surface area contributed by atoms with Crippen molar-refractivity contribution in [2.24, 2.45) is 0 Å². The zero-order valence-corrected chi connectivity index (χ0v) is 16.0. The first-order chi connectivity index (χ1) is 14.5. The van der Waals surface area contributed by atoms with Crippen molar-refractivity contribution < 1.29 is 29.0 Å². The van der Waals surface area contributed by atoms with Crippen LogP contribution in [0.15, 0.2) is 48.5 Å². The molecule has 0 saturated carbocycles. The van der Waals surface area contributed by atoms with E-state index in [0.717, 1.165) is 4.90 Å². The van der Waals surface area contributed by atoms with E-state index in [4.69, 9.17) is 9.47 Å². The highest BCUT2D eigenvalue weighted by Crippen LogP contribution is 2.33. The average molecular weight is 411 g/mol. The number of hydrogen-bond donors (Lipinski definition) is 3. The number of nitrogens with one attached hydrogen (secondary N) is 2. The van der Waals surface area contributed by atoms with Gasteiger partial charge in [-0.3, -0.25) is 14.5 Å². The lowest BCUT2D eigenvalue weighted by Gasteiger charge is -2.14. The fourth-order valence-electron chi connectivity index (χ4n) is 3.35. The molecule has 156 valence electrons. The van der Waals surface area contributed by atoms with Crippen LogP contribution < -0.4 is 20.1 Å². The number of rotatable bonds is 7. The molecule has 2 heterocycles. The summed E-state index contributed by atoms with van der Waals surface area (Å²) in [4.78, 5) is 38.1. The lowest BCUT2D eigenvalue weighted by molar-refractivity contribution is -0.131. The van der Waals surface area contributed by atoms with Crippen LogP contribution in [0, 0.1) is 0 Å². The predicted octanol–water partition coefficient (Wildman–Crippen LogP) is 1.08. The van der Waals surface area contributed by atoms with Gasteiger partial charge in [-0.25, -0.2) is 4.79 Å². The van der Waals surface area contributed by atoms with E-state index in [1.54, 1.807) is 42.5 Å². The maximum absolute atomic E-state index is 12.6. The molecule has 4 rings (SSSR count). The third-order valence-electron chi connectivity index (χ3n) is 4.95. The molecule has 1 fully saturated rings. The highest BCUT2D eigenvalue weighted by atomic mass is 16.7. The maximum Gasteiger partial charge on any atom is 0.325 e. The van der Waals surface area contributed by atoms with Crippen LogP contribution in [0.25, 0.3) is 0 Å². The number of nitrogens with zero attached hydrogens (tertiary/aromatic N) is 1. The number of urea groups is 1. The Balaban J connectivity index is 1.30. The molecule has 0 spiro atoms. The summed E-state index contributed by atoms with van der Waals surface area (Å²) in [6, 6.07) is 12.6. The average Bonchev–Trinajstić information content (AvgIpc) is 3.32. The van der Waals surface area contributed by atoms with Crippen LogP contribution in [0.5, 0.6) is 11.5 Å². The van der Waals surface area contributed by atoms with E-state index < -0.39 is 30.0 Å². The molecule has 9 nitrogen and oxygen atoms in total. The summed E-state index contributed by atoms with van der Waals surface area (Å²) >= 11 is 0. The maximum atomic E-state index is 12.6. The molecule has 9 heteroatoms. The Morgan fingerprint density at radius 1 is 1.17 bits per heavy atom. The number of benzene rings is 2. The van der Waals surface area contributed by atoms with Gasteiger partial charge in [-0.15, -0.1) is 0 Å². The zero-order chi connectivity index (χ0) is 21.1. The molecule has 2 aliphatic heterocycles. The lowest BCUT2D eigenvalue weighted by atomic mass is 10.1. The number of imide groups is 1. The van der Waals surface area contributed by atoms with Crippen LogP contribution in [-0.4, -0.2) is 47.2 Å². The van der Waals surface area contributed by atoms with Crippen LogP contribution in [-0.2, 0) is 16.1 Å². The standard InChI is InChI=1S/C21H21N3O6/c25-16(14-4-2-1-3-5-14)10-22-19(26)9-15-20(27)24(21(28)23-15)11-13-6-7-17-18(8-13)30-12-29-17/h1-8,15-16,25H,9-12H2,(H,22,26)(H,23,28)/t15-,16+/m1/s1. The first-order valence-electron chi connectivity index (χ1n) is 9.51. The van der Waals surface area contributed by atoms with E-state index in [-0.39, 0.29) is 26.3 Å². The highest BCUT2D eigenvalue weighted by Gasteiger charge is 2.39. The van der Waals surface area contributed by atoms with Crippen LogP contribution >= 0.6 is 0 Å². The fraction of sp³-hybridized carbons (Fsp3) is 0.286. The largest absolute Gasteiger partial charge is 0.454 e. The summed E-state index contributed by atoms with van der Waals surface area (Å²) in [5.74, 6) is 0.264. The third-order valence-corrected chi connectivity index (χ3v) is 4.95. The number of ether oxygens (including phenoxy) is 2. The van der Waals surface area contributed by atoms with Crippen LogP contribution in [0.4, 0.5) is 4.79 Å². The Hall–Kier alpha value is -3.59. The Bertz CT molecular complexity index is 964. The molecule has 3 N–H and O–H groups in total. The molecule has 30 heavy (non-hydrogen) atoms. The van der Waals surface area contributed by atoms with Crippen molar-refractivity contribution in [3.05, 3.63) is 59.7 Å². The van der Waals surface area contributed by atoms with Gasteiger partial charge in [-0.05, 0) is 23.3 Å². The van der Waals surface area contributed by atoms with Gasteiger partial charge >= 0.3 is 6.03 Å². The molecular weight excluding hydrogens is 390 g/mol. The van der Waals surface area contributed by atoms with Crippen molar-refractivity contribution in [3.63, 3.8) is 0 Å². The third kappa shape index (κ3) is 4.20. The van der Waals surface area contributed by atoms with Crippen molar-refractivity contribution in [1.29, 1.82) is 0 Å². The summed E-state index contributed by atoms with van der Waals surface area (Å²) in [5.41, 5.74) is 1.39. The van der Waals surface area contributed by atoms with E-state index >= 15 is 0 Å². The van der Waals surface area contributed by atoms with Gasteiger partial charge in [0, 0.05) is 6.54 Å². The minimum atomic E-state index is -0.944. The van der Waals surface area contributed by atoms with Crippen molar-refractivity contribution in [1.82, 2.24) is 15.5 Å². The number of carbonyl (C=O) groups is 3. The number of fused-ring (bicyclic) bond motifs is 1. The summed E-state index contributed by atoms with van der Waals surface area (Å²) < 4.78 is 10.6. The monoisotopic (exact) mass is 411 g/mol. The number of carbonyl (C=O) groups excluding carboxylic acids is 3. The van der Waals surface area contributed by atoms with Gasteiger partial charge in [0.2, 0.25) is 12.7 Å². The number of aliphatic hydroxyl groups excluding tert-OH is 1. The second-order valence-corrected chi connectivity index (χ2v) is 7.05. The van der Waals surface area contributed by atoms with Crippen molar-refractivity contribution in [2.45, 2.75) is 25.1 Å². The lowest BCUT2D eigenvalue weighted by Crippen LogP contribution is -2.37. The summed E-state index contributed by atoms with van der Waals surface area (Å²) in [5, 5.41) is 15.2. The summed E-state index contributed by atoms with van der Waals surface area (Å²) in [7, 11) is 0. The van der Waals surface area contributed by atoms with Gasteiger partial charge in [0.25, 0.3) is 5.91 Å². The fourth-order valence-corrected chi connectivity index (χ4v) is 3.35. The minimum absolute atomic E-state index is 0.0125.